The molecule has 0 N–H and O–H groups in total. The van der Waals surface area contributed by atoms with Crippen molar-refractivity contribution in [3.05, 3.63) is 71.5 Å². The van der Waals surface area contributed by atoms with E-state index in [-0.39, 0.29) is 18.3 Å². The minimum absolute atomic E-state index is 0.305. The molecule has 1 aliphatic rings. The molecule has 2 nitrogen and oxygen atoms in total. The summed E-state index contributed by atoms with van der Waals surface area (Å²) < 4.78 is 12.8. The molecule has 0 atom stereocenters. The monoisotopic (exact) mass is 422 g/mol. The van der Waals surface area contributed by atoms with Gasteiger partial charge in [0.1, 0.15) is 8.07 Å². The van der Waals surface area contributed by atoms with Crippen LogP contribution in [0.4, 0.5) is 0 Å². The standard InChI is InChI=1S/C24H35BO2Si2/c1-23(2)24(3,4)27-25(26-23)19-22(28(5,6)7)29(8,20-15-11-9-12-16-20)21-17-13-10-14-18-21/h9-19H,1-8H3/b22-19-. The maximum absolute atomic E-state index is 6.40. The Balaban J connectivity index is 2.20. The van der Waals surface area contributed by atoms with E-state index in [0.29, 0.717) is 0 Å². The van der Waals surface area contributed by atoms with Crippen molar-refractivity contribution < 1.29 is 9.31 Å². The average molecular weight is 423 g/mol. The lowest BCUT2D eigenvalue weighted by atomic mass is 9.90. The molecule has 0 unspecified atom stereocenters. The first-order chi connectivity index (χ1) is 13.4. The molecule has 29 heavy (non-hydrogen) atoms. The molecule has 2 aromatic carbocycles. The van der Waals surface area contributed by atoms with Gasteiger partial charge in [0.25, 0.3) is 0 Å². The van der Waals surface area contributed by atoms with Crippen LogP contribution < -0.4 is 10.4 Å². The molecular formula is C24H35BO2Si2. The third kappa shape index (κ3) is 4.24. The molecule has 3 rings (SSSR count). The van der Waals surface area contributed by atoms with Crippen LogP contribution in [0.15, 0.2) is 71.5 Å². The third-order valence-corrected chi connectivity index (χ3v) is 16.4. The van der Waals surface area contributed by atoms with Crippen molar-refractivity contribution in [3.63, 3.8) is 0 Å². The average Bonchev–Trinajstić information content (AvgIpc) is 2.86. The highest BCUT2D eigenvalue weighted by atomic mass is 28.4. The summed E-state index contributed by atoms with van der Waals surface area (Å²) in [4.78, 5) is 1.57. The van der Waals surface area contributed by atoms with E-state index < -0.39 is 16.1 Å². The van der Waals surface area contributed by atoms with Gasteiger partial charge in [-0.2, -0.15) is 0 Å². The molecule has 5 heteroatoms. The zero-order valence-corrected chi connectivity index (χ0v) is 21.2. The number of benzene rings is 2. The lowest BCUT2D eigenvalue weighted by Gasteiger charge is -2.38. The second-order valence-corrected chi connectivity index (χ2v) is 19.8. The van der Waals surface area contributed by atoms with Crippen LogP contribution in [0.5, 0.6) is 0 Å². The molecule has 1 fully saturated rings. The minimum Gasteiger partial charge on any atom is -0.400 e. The predicted molar refractivity (Wildman–Crippen MR) is 131 cm³/mol. The van der Waals surface area contributed by atoms with Crippen LogP contribution in [-0.4, -0.2) is 34.5 Å². The third-order valence-electron chi connectivity index (χ3n) is 6.62. The Morgan fingerprint density at radius 1 is 0.724 bits per heavy atom. The van der Waals surface area contributed by atoms with Crippen LogP contribution in [0.1, 0.15) is 27.7 Å². The normalized spacial score (nSPS) is 19.4. The summed E-state index contributed by atoms with van der Waals surface area (Å²) in [5, 5.41) is 2.88. The number of hydrogen-bond acceptors (Lipinski definition) is 2. The lowest BCUT2D eigenvalue weighted by molar-refractivity contribution is 0.00578. The van der Waals surface area contributed by atoms with Gasteiger partial charge >= 0.3 is 7.12 Å². The fourth-order valence-corrected chi connectivity index (χ4v) is 14.9. The smallest absolute Gasteiger partial charge is 0.400 e. The van der Waals surface area contributed by atoms with Gasteiger partial charge in [-0.3, -0.25) is 0 Å². The van der Waals surface area contributed by atoms with Crippen LogP contribution in [-0.2, 0) is 9.31 Å². The van der Waals surface area contributed by atoms with E-state index in [1.807, 2.05) is 0 Å². The first-order valence-electron chi connectivity index (χ1n) is 10.6. The molecule has 0 bridgehead atoms. The first kappa shape index (κ1) is 22.3. The number of hydrogen-bond donors (Lipinski definition) is 0. The molecule has 154 valence electrons. The van der Waals surface area contributed by atoms with Gasteiger partial charge in [-0.05, 0) is 27.7 Å². The molecule has 0 amide bonds. The van der Waals surface area contributed by atoms with E-state index in [1.165, 1.54) is 10.4 Å². The summed E-state index contributed by atoms with van der Waals surface area (Å²) in [6, 6.07) is 22.1. The van der Waals surface area contributed by atoms with Gasteiger partial charge in [-0.25, -0.2) is 0 Å². The summed E-state index contributed by atoms with van der Waals surface area (Å²) in [6.45, 7) is 18.3. The summed E-state index contributed by atoms with van der Waals surface area (Å²) in [7, 11) is -4.15. The van der Waals surface area contributed by atoms with Crippen molar-refractivity contribution in [2.24, 2.45) is 0 Å². The van der Waals surface area contributed by atoms with Gasteiger partial charge < -0.3 is 9.31 Å². The fraction of sp³-hybridized carbons (Fsp3) is 0.417. The van der Waals surface area contributed by atoms with E-state index in [4.69, 9.17) is 9.31 Å². The van der Waals surface area contributed by atoms with Gasteiger partial charge in [-0.1, -0.05) is 108 Å². The van der Waals surface area contributed by atoms with E-state index in [0.717, 1.165) is 0 Å². The van der Waals surface area contributed by atoms with Crippen molar-refractivity contribution in [1.29, 1.82) is 0 Å². The van der Waals surface area contributed by atoms with Gasteiger partial charge in [0.15, 0.2) is 0 Å². The van der Waals surface area contributed by atoms with Crippen molar-refractivity contribution in [1.82, 2.24) is 0 Å². The Bertz CT molecular complexity index is 815. The summed E-state index contributed by atoms with van der Waals surface area (Å²) in [5.41, 5.74) is -0.646. The Labute approximate surface area is 179 Å². The number of rotatable bonds is 5. The van der Waals surface area contributed by atoms with Crippen molar-refractivity contribution >= 4 is 33.6 Å². The molecule has 1 heterocycles. The van der Waals surface area contributed by atoms with Crippen molar-refractivity contribution in [2.75, 3.05) is 0 Å². The summed E-state index contributed by atoms with van der Waals surface area (Å²) in [5.74, 6) is 2.34. The Hall–Kier alpha value is -1.40. The molecule has 0 spiro atoms. The summed E-state index contributed by atoms with van der Waals surface area (Å²) >= 11 is 0. The van der Waals surface area contributed by atoms with Crippen molar-refractivity contribution in [3.8, 4) is 0 Å². The van der Waals surface area contributed by atoms with E-state index in [1.54, 1.807) is 4.82 Å². The second-order valence-electron chi connectivity index (χ2n) is 10.3. The van der Waals surface area contributed by atoms with Gasteiger partial charge in [-0.15, -0.1) is 0 Å². The predicted octanol–water partition coefficient (Wildman–Crippen LogP) is 4.85. The largest absolute Gasteiger partial charge is 0.486 e. The second kappa shape index (κ2) is 7.69. The Kier molecular flexibility index (Phi) is 5.91. The molecule has 0 radical (unpaired) electrons. The molecule has 2 aromatic rings. The molecular weight excluding hydrogens is 387 g/mol. The van der Waals surface area contributed by atoms with Crippen LogP contribution in [0.2, 0.25) is 26.2 Å². The maximum Gasteiger partial charge on any atom is 0.486 e. The van der Waals surface area contributed by atoms with Gasteiger partial charge in [0.2, 0.25) is 0 Å². The van der Waals surface area contributed by atoms with Gasteiger partial charge in [0, 0.05) is 0 Å². The van der Waals surface area contributed by atoms with Crippen LogP contribution in [0.25, 0.3) is 0 Å². The molecule has 1 aliphatic heterocycles. The first-order valence-corrected chi connectivity index (χ1v) is 16.6. The van der Waals surface area contributed by atoms with Crippen molar-refractivity contribution in [2.45, 2.75) is 65.1 Å². The van der Waals surface area contributed by atoms with Crippen LogP contribution in [0, 0.1) is 0 Å². The minimum atomic E-state index is -2.16. The SMILES string of the molecule is CC1(C)OB(/C=C(/[Si](C)(C)C)[Si](C)(c2ccccc2)c2ccccc2)OC1(C)C. The molecule has 0 saturated carbocycles. The molecule has 0 aliphatic carbocycles. The van der Waals surface area contributed by atoms with Crippen LogP contribution in [0.3, 0.4) is 0 Å². The quantitative estimate of drug-likeness (QED) is 0.641. The van der Waals surface area contributed by atoms with E-state index in [2.05, 4.69) is 121 Å². The fourth-order valence-electron chi connectivity index (χ4n) is 4.28. The zero-order chi connectivity index (χ0) is 21.5. The Morgan fingerprint density at radius 3 is 1.45 bits per heavy atom. The Morgan fingerprint density at radius 2 is 1.10 bits per heavy atom. The summed E-state index contributed by atoms with van der Waals surface area (Å²) in [6.07, 6.45) is 0. The zero-order valence-electron chi connectivity index (χ0n) is 19.2. The highest BCUT2D eigenvalue weighted by Gasteiger charge is 2.52. The van der Waals surface area contributed by atoms with E-state index in [9.17, 15) is 0 Å². The van der Waals surface area contributed by atoms with Crippen LogP contribution >= 0.6 is 0 Å². The van der Waals surface area contributed by atoms with E-state index >= 15 is 0 Å². The topological polar surface area (TPSA) is 18.5 Å². The van der Waals surface area contributed by atoms with Gasteiger partial charge in [0.05, 0.1) is 19.3 Å². The molecule has 0 aromatic heterocycles. The highest BCUT2D eigenvalue weighted by molar-refractivity contribution is 7.18. The lowest BCUT2D eigenvalue weighted by Crippen LogP contribution is -2.62. The molecule has 1 saturated heterocycles. The maximum atomic E-state index is 6.40. The highest BCUT2D eigenvalue weighted by Crippen LogP contribution is 2.38.